The first-order valence-electron chi connectivity index (χ1n) is 22.9. The summed E-state index contributed by atoms with van der Waals surface area (Å²) in [6, 6.07) is -3.56. The van der Waals surface area contributed by atoms with Crippen LogP contribution >= 0.6 is 0 Å². The Morgan fingerprint density at radius 2 is 0.944 bits per heavy atom. The molecule has 5 heterocycles. The molecule has 2 amide bonds. The highest BCUT2D eigenvalue weighted by Crippen LogP contribution is 2.37. The average molecular weight is 1060 g/mol. The molecule has 5 rings (SSSR count). The van der Waals surface area contributed by atoms with Crippen LogP contribution in [0.25, 0.3) is 0 Å². The Morgan fingerprint density at radius 1 is 0.472 bits per heavy atom. The van der Waals surface area contributed by atoms with Crippen LogP contribution in [0.4, 0.5) is 0 Å². The smallest absolute Gasteiger partial charge is 0.217 e. The number of rotatable bonds is 21. The van der Waals surface area contributed by atoms with Crippen LogP contribution < -0.4 is 10.6 Å². The standard InChI is InChI=1S/C40H70N2O30/c1-10-21(52)27(58)30(61)39(64-10)71-34-20(42-12(3)49)37(69-32(14(51)5-44)22(53)13(50)4-43)67-17(8-47)33(34)70-40-31(62)35(25(56)16(7-46)66-40)72-36-19(41-11(2)48)26(57)24(55)18(68-36)9-63-38-29(60)28(59)23(54)15(6-45)65-38/h10,13-40,43-47,50-62H,4-9H2,1-3H3,(H,41,48)(H,42,49)/t10-,13+,14-,15+,16+,17+,18+,19+,20+,21+,22-,23-,24+,25-,26+,27+,28-,29+,30-,31+,32+,33+,34+,35-,36-,37-,38-,39-,40-/m0/s1. The van der Waals surface area contributed by atoms with Crippen molar-refractivity contribution < 1.29 is 149 Å². The molecule has 5 aliphatic rings. The minimum absolute atomic E-state index is 0.807. The molecule has 5 aliphatic heterocycles. The van der Waals surface area contributed by atoms with Gasteiger partial charge in [0.05, 0.1) is 45.7 Å². The van der Waals surface area contributed by atoms with Crippen LogP contribution in [-0.2, 0) is 57.0 Å². The van der Waals surface area contributed by atoms with Gasteiger partial charge in [-0.2, -0.15) is 0 Å². The Hall–Kier alpha value is -2.18. The van der Waals surface area contributed by atoms with E-state index in [0.29, 0.717) is 0 Å². The molecule has 32 nitrogen and oxygen atoms in total. The lowest BCUT2D eigenvalue weighted by Gasteiger charge is -2.51. The lowest BCUT2D eigenvalue weighted by Crippen LogP contribution is -2.71. The number of amides is 2. The summed E-state index contributed by atoms with van der Waals surface area (Å²) in [5, 5.41) is 195. The van der Waals surface area contributed by atoms with Gasteiger partial charge >= 0.3 is 0 Å². The van der Waals surface area contributed by atoms with E-state index in [0.717, 1.165) is 13.8 Å². The zero-order chi connectivity index (χ0) is 53.6. The lowest BCUT2D eigenvalue weighted by molar-refractivity contribution is -0.387. The normalized spacial score (nSPS) is 45.7. The number of aliphatic hydroxyl groups excluding tert-OH is 18. The third kappa shape index (κ3) is 13.7. The number of nitrogens with one attached hydrogen (secondary N) is 2. The highest BCUT2D eigenvalue weighted by Gasteiger charge is 2.57. The fourth-order valence-corrected chi connectivity index (χ4v) is 8.75. The summed E-state index contributed by atoms with van der Waals surface area (Å²) in [5.41, 5.74) is 0. The Bertz CT molecular complexity index is 1680. The van der Waals surface area contributed by atoms with E-state index in [1.165, 1.54) is 6.92 Å². The molecule has 420 valence electrons. The molecule has 0 aromatic heterocycles. The number of carbonyl (C=O) groups is 2. The summed E-state index contributed by atoms with van der Waals surface area (Å²) in [5.74, 6) is -1.72. The summed E-state index contributed by atoms with van der Waals surface area (Å²) in [4.78, 5) is 25.2. The Morgan fingerprint density at radius 3 is 1.53 bits per heavy atom. The van der Waals surface area contributed by atoms with Crippen LogP contribution in [0.1, 0.15) is 20.8 Å². The third-order valence-electron chi connectivity index (χ3n) is 12.8. The van der Waals surface area contributed by atoms with Crippen molar-refractivity contribution in [3.8, 4) is 0 Å². The van der Waals surface area contributed by atoms with Crippen LogP contribution in [0.2, 0.25) is 0 Å². The monoisotopic (exact) mass is 1060 g/mol. The fourth-order valence-electron chi connectivity index (χ4n) is 8.75. The van der Waals surface area contributed by atoms with Crippen molar-refractivity contribution in [1.82, 2.24) is 10.6 Å². The van der Waals surface area contributed by atoms with Crippen LogP contribution in [0, 0.1) is 0 Å². The molecule has 0 unspecified atom stereocenters. The molecule has 0 bridgehead atoms. The second-order valence-corrected chi connectivity index (χ2v) is 18.0. The van der Waals surface area contributed by atoms with E-state index in [1.807, 2.05) is 0 Å². The quantitative estimate of drug-likeness (QED) is 0.0507. The van der Waals surface area contributed by atoms with Gasteiger partial charge in [-0.1, -0.05) is 0 Å². The first-order chi connectivity index (χ1) is 33.9. The molecule has 0 aromatic carbocycles. The van der Waals surface area contributed by atoms with Gasteiger partial charge in [-0.25, -0.2) is 0 Å². The predicted octanol–water partition coefficient (Wildman–Crippen LogP) is -13.1. The third-order valence-corrected chi connectivity index (χ3v) is 12.8. The molecule has 0 aromatic rings. The van der Waals surface area contributed by atoms with Crippen LogP contribution in [0.15, 0.2) is 0 Å². The zero-order valence-corrected chi connectivity index (χ0v) is 38.9. The number of aliphatic hydroxyl groups is 18. The molecule has 20 N–H and O–H groups in total. The van der Waals surface area contributed by atoms with Gasteiger partial charge < -0.3 is 150 Å². The van der Waals surface area contributed by atoms with E-state index in [4.69, 9.17) is 47.4 Å². The molecule has 29 atom stereocenters. The molecule has 0 saturated carbocycles. The number of carbonyl (C=O) groups excluding carboxylic acids is 2. The maximum absolute atomic E-state index is 12.9. The van der Waals surface area contributed by atoms with Crippen molar-refractivity contribution in [1.29, 1.82) is 0 Å². The number of hydrogen-bond acceptors (Lipinski definition) is 30. The average Bonchev–Trinajstić information content (AvgIpc) is 3.35. The second kappa shape index (κ2) is 26.7. The first-order valence-corrected chi connectivity index (χ1v) is 22.9. The lowest BCUT2D eigenvalue weighted by atomic mass is 9.93. The summed E-state index contributed by atoms with van der Waals surface area (Å²) < 4.78 is 58.1. The zero-order valence-electron chi connectivity index (χ0n) is 38.9. The minimum atomic E-state index is -2.28. The highest BCUT2D eigenvalue weighted by molar-refractivity contribution is 5.73. The predicted molar refractivity (Wildman–Crippen MR) is 223 cm³/mol. The Balaban J connectivity index is 1.49. The van der Waals surface area contributed by atoms with Gasteiger partial charge in [-0.15, -0.1) is 0 Å². The molecule has 0 radical (unpaired) electrons. The molecule has 0 aliphatic carbocycles. The van der Waals surface area contributed by atoms with Gasteiger partial charge in [0.15, 0.2) is 31.5 Å². The SMILES string of the molecule is CC(=O)N[C@H]1[C@H](O[C@H]2[C@@H](O)[C@@H](CO)O[C@@H](O[C@H]3[C@H](O[C@@H]4O[C@@H](C)[C@@H](O)[C@@H](O)[C@@H]4O)[C@@H](NC(C)=O)[C@H](O[C@@H]([C@@H](O)[C@H](O)CO)[C@@H](O)CO)O[C@@H]3CO)[C@@H]2O)O[C@H](CO[C@H]2O[C@H](CO)[C@H](O)[C@H](O)[C@H]2O)[C@@H](O)[C@@H]1O. The van der Waals surface area contributed by atoms with Crippen LogP contribution in [0.3, 0.4) is 0 Å². The van der Waals surface area contributed by atoms with Crippen molar-refractivity contribution >= 4 is 11.8 Å². The van der Waals surface area contributed by atoms with E-state index in [9.17, 15) is 102 Å². The van der Waals surface area contributed by atoms with E-state index in [-0.39, 0.29) is 0 Å². The summed E-state index contributed by atoms with van der Waals surface area (Å²) in [6.45, 7) is -2.75. The van der Waals surface area contributed by atoms with E-state index < -0.39 is 229 Å². The van der Waals surface area contributed by atoms with Gasteiger partial charge in [0.2, 0.25) is 11.8 Å². The Kier molecular flexibility index (Phi) is 22.5. The summed E-state index contributed by atoms with van der Waals surface area (Å²) in [6.07, 6.45) is -51.6. The van der Waals surface area contributed by atoms with E-state index in [1.54, 1.807) is 0 Å². The minimum Gasteiger partial charge on any atom is -0.394 e. The largest absolute Gasteiger partial charge is 0.394 e. The molecule has 72 heavy (non-hydrogen) atoms. The van der Waals surface area contributed by atoms with Crippen molar-refractivity contribution in [2.45, 2.75) is 199 Å². The summed E-state index contributed by atoms with van der Waals surface area (Å²) >= 11 is 0. The fraction of sp³-hybridized carbons (Fsp3) is 0.950. The van der Waals surface area contributed by atoms with Crippen molar-refractivity contribution in [2.75, 3.05) is 39.6 Å². The van der Waals surface area contributed by atoms with Crippen LogP contribution in [0.5, 0.6) is 0 Å². The van der Waals surface area contributed by atoms with Gasteiger partial charge in [-0.3, -0.25) is 9.59 Å². The molecular formula is C40H70N2O30. The highest BCUT2D eigenvalue weighted by atomic mass is 16.8. The summed E-state index contributed by atoms with van der Waals surface area (Å²) in [7, 11) is 0. The van der Waals surface area contributed by atoms with E-state index >= 15 is 0 Å². The second-order valence-electron chi connectivity index (χ2n) is 18.0. The topological polar surface area (TPSA) is 515 Å². The van der Waals surface area contributed by atoms with Crippen molar-refractivity contribution in [2.24, 2.45) is 0 Å². The van der Waals surface area contributed by atoms with Gasteiger partial charge in [-0.05, 0) is 6.92 Å². The van der Waals surface area contributed by atoms with Gasteiger partial charge in [0.25, 0.3) is 0 Å². The van der Waals surface area contributed by atoms with E-state index in [2.05, 4.69) is 10.6 Å². The maximum atomic E-state index is 12.9. The molecule has 32 heteroatoms. The molecule has 0 spiro atoms. The molecular weight excluding hydrogens is 988 g/mol. The number of ether oxygens (including phenoxy) is 10. The maximum Gasteiger partial charge on any atom is 0.217 e. The number of hydrogen-bond donors (Lipinski definition) is 20. The Labute approximate surface area is 409 Å². The molecule has 5 saturated heterocycles. The van der Waals surface area contributed by atoms with Crippen LogP contribution in [-0.4, -0.2) is 321 Å². The molecule has 5 fully saturated rings. The van der Waals surface area contributed by atoms with Crippen molar-refractivity contribution in [3.05, 3.63) is 0 Å². The van der Waals surface area contributed by atoms with Crippen molar-refractivity contribution in [3.63, 3.8) is 0 Å². The van der Waals surface area contributed by atoms with Gasteiger partial charge in [0, 0.05) is 13.8 Å². The van der Waals surface area contributed by atoms with Gasteiger partial charge in [0.1, 0.15) is 140 Å². The first kappa shape index (κ1) is 60.7.